The van der Waals surface area contributed by atoms with Crippen molar-refractivity contribution in [1.29, 1.82) is 0 Å². The van der Waals surface area contributed by atoms with Crippen molar-refractivity contribution in [1.82, 2.24) is 20.1 Å². The first kappa shape index (κ1) is 20.6. The monoisotopic (exact) mass is 412 g/mol. The van der Waals surface area contributed by atoms with Gasteiger partial charge in [-0.2, -0.15) is 0 Å². The molecule has 8 heteroatoms. The average Bonchev–Trinajstić information content (AvgIpc) is 3.22. The lowest BCUT2D eigenvalue weighted by atomic mass is 10.1. The van der Waals surface area contributed by atoms with Crippen LogP contribution in [-0.2, 0) is 17.8 Å². The third kappa shape index (κ3) is 5.27. The Morgan fingerprint density at radius 1 is 1.03 bits per heavy atom. The van der Waals surface area contributed by atoms with Crippen LogP contribution in [0.3, 0.4) is 0 Å². The molecule has 2 heterocycles. The summed E-state index contributed by atoms with van der Waals surface area (Å²) in [4.78, 5) is 4.59. The number of fused-ring (bicyclic) bond motifs is 1. The summed E-state index contributed by atoms with van der Waals surface area (Å²) in [5.74, 6) is 1.72. The summed E-state index contributed by atoms with van der Waals surface area (Å²) in [6.45, 7) is 6.62. The summed E-state index contributed by atoms with van der Waals surface area (Å²) in [7, 11) is 3.78. The third-order valence-electron chi connectivity index (χ3n) is 5.24. The van der Waals surface area contributed by atoms with E-state index in [-0.39, 0.29) is 0 Å². The molecule has 1 aliphatic rings. The first-order valence-corrected chi connectivity index (χ1v) is 10.2. The van der Waals surface area contributed by atoms with Gasteiger partial charge in [-0.15, -0.1) is 0 Å². The number of methoxy groups -OCH3 is 1. The minimum absolute atomic E-state index is 0.660. The molecule has 1 saturated heterocycles. The first-order valence-electron chi connectivity index (χ1n) is 10.2. The zero-order valence-electron chi connectivity index (χ0n) is 17.5. The van der Waals surface area contributed by atoms with E-state index < -0.39 is 0 Å². The lowest BCUT2D eigenvalue weighted by Gasteiger charge is -2.26. The summed E-state index contributed by atoms with van der Waals surface area (Å²) in [6, 6.07) is 12.0. The molecule has 0 saturated carbocycles. The minimum Gasteiger partial charge on any atom is -0.496 e. The Hall–Kier alpha value is -2.68. The number of ether oxygens (including phenoxy) is 3. The van der Waals surface area contributed by atoms with E-state index in [1.165, 1.54) is 0 Å². The fourth-order valence-electron chi connectivity index (χ4n) is 3.67. The van der Waals surface area contributed by atoms with Crippen LogP contribution in [0.15, 0.2) is 41.0 Å². The Bertz CT molecular complexity index is 955. The molecular weight excluding hydrogens is 384 g/mol. The van der Waals surface area contributed by atoms with Gasteiger partial charge in [-0.25, -0.2) is 4.63 Å². The quantitative estimate of drug-likeness (QED) is 0.531. The molecule has 1 fully saturated rings. The summed E-state index contributed by atoms with van der Waals surface area (Å²) in [6.07, 6.45) is 0. The Kier molecular flexibility index (Phi) is 6.78. The van der Waals surface area contributed by atoms with Gasteiger partial charge in [0.25, 0.3) is 0 Å². The van der Waals surface area contributed by atoms with Gasteiger partial charge in [0.15, 0.2) is 0 Å². The van der Waals surface area contributed by atoms with Gasteiger partial charge in [0.1, 0.15) is 29.1 Å². The normalized spacial score (nSPS) is 15.0. The molecule has 0 N–H and O–H groups in total. The zero-order chi connectivity index (χ0) is 20.8. The van der Waals surface area contributed by atoms with Crippen LogP contribution < -0.4 is 9.47 Å². The molecule has 0 amide bonds. The first-order chi connectivity index (χ1) is 14.7. The lowest BCUT2D eigenvalue weighted by Crippen LogP contribution is -2.38. The van der Waals surface area contributed by atoms with Crippen LogP contribution in [0.1, 0.15) is 11.1 Å². The van der Waals surface area contributed by atoms with Crippen molar-refractivity contribution >= 4 is 11.0 Å². The highest BCUT2D eigenvalue weighted by Gasteiger charge is 2.12. The molecule has 160 valence electrons. The van der Waals surface area contributed by atoms with Crippen LogP contribution >= 0.6 is 0 Å². The maximum absolute atomic E-state index is 6.01. The summed E-state index contributed by atoms with van der Waals surface area (Å²) in [5, 5.41) is 7.77. The smallest absolute Gasteiger partial charge is 0.135 e. The lowest BCUT2D eigenvalue weighted by molar-refractivity contribution is 0.0322. The highest BCUT2D eigenvalue weighted by molar-refractivity contribution is 5.73. The minimum atomic E-state index is 0.660. The van der Waals surface area contributed by atoms with E-state index in [9.17, 15) is 0 Å². The van der Waals surface area contributed by atoms with Crippen LogP contribution in [0, 0.1) is 0 Å². The van der Waals surface area contributed by atoms with Gasteiger partial charge in [-0.1, -0.05) is 6.07 Å². The van der Waals surface area contributed by atoms with Crippen molar-refractivity contribution < 1.29 is 18.8 Å². The van der Waals surface area contributed by atoms with Crippen molar-refractivity contribution in [3.8, 4) is 11.5 Å². The van der Waals surface area contributed by atoms with Crippen LogP contribution in [0.25, 0.3) is 11.0 Å². The van der Waals surface area contributed by atoms with Crippen molar-refractivity contribution in [3.63, 3.8) is 0 Å². The molecule has 0 radical (unpaired) electrons. The maximum Gasteiger partial charge on any atom is 0.135 e. The second-order valence-corrected chi connectivity index (χ2v) is 7.54. The Morgan fingerprint density at radius 3 is 2.70 bits per heavy atom. The van der Waals surface area contributed by atoms with Crippen molar-refractivity contribution in [2.45, 2.75) is 13.1 Å². The number of nitrogens with zero attached hydrogens (tertiary/aromatic N) is 4. The van der Waals surface area contributed by atoms with Gasteiger partial charge < -0.3 is 14.2 Å². The number of benzene rings is 2. The van der Waals surface area contributed by atoms with Gasteiger partial charge in [0.05, 0.1) is 20.3 Å². The molecule has 8 nitrogen and oxygen atoms in total. The molecule has 0 spiro atoms. The van der Waals surface area contributed by atoms with E-state index in [1.807, 2.05) is 30.3 Å². The van der Waals surface area contributed by atoms with Gasteiger partial charge >= 0.3 is 0 Å². The SMILES string of the molecule is COc1ccc(OCCN2CCOCC2)cc1CN(C)Cc1ccc2nonc2c1. The molecule has 0 aliphatic carbocycles. The van der Waals surface area contributed by atoms with E-state index in [4.69, 9.17) is 18.8 Å². The van der Waals surface area contributed by atoms with E-state index >= 15 is 0 Å². The Morgan fingerprint density at radius 2 is 1.87 bits per heavy atom. The molecule has 2 aromatic carbocycles. The number of morpholine rings is 1. The van der Waals surface area contributed by atoms with E-state index in [2.05, 4.69) is 33.2 Å². The topological polar surface area (TPSA) is 73.1 Å². The summed E-state index contributed by atoms with van der Waals surface area (Å²) < 4.78 is 21.7. The summed E-state index contributed by atoms with van der Waals surface area (Å²) in [5.41, 5.74) is 3.78. The molecular formula is C22H28N4O4. The van der Waals surface area contributed by atoms with Crippen LogP contribution in [0.5, 0.6) is 11.5 Å². The molecule has 1 aromatic heterocycles. The molecule has 30 heavy (non-hydrogen) atoms. The maximum atomic E-state index is 6.01. The zero-order valence-corrected chi connectivity index (χ0v) is 17.5. The van der Waals surface area contributed by atoms with Crippen molar-refractivity contribution in [2.24, 2.45) is 0 Å². The van der Waals surface area contributed by atoms with Gasteiger partial charge in [-0.05, 0) is 53.3 Å². The summed E-state index contributed by atoms with van der Waals surface area (Å²) >= 11 is 0. The van der Waals surface area contributed by atoms with E-state index in [0.29, 0.717) is 6.61 Å². The standard InChI is InChI=1S/C22H28N4O4/c1-25(15-17-3-5-20-21(13-17)24-30-23-20)16-18-14-19(4-6-22(18)27-2)29-12-9-26-7-10-28-11-8-26/h3-6,13-14H,7-12,15-16H2,1-2H3. The number of rotatable bonds is 9. The molecule has 4 rings (SSSR count). The fourth-order valence-corrected chi connectivity index (χ4v) is 3.67. The number of hydrogen-bond acceptors (Lipinski definition) is 8. The Labute approximate surface area is 176 Å². The molecule has 0 atom stereocenters. The molecule has 3 aromatic rings. The second-order valence-electron chi connectivity index (χ2n) is 7.54. The van der Waals surface area contributed by atoms with Gasteiger partial charge in [0, 0.05) is 38.3 Å². The fraction of sp³-hybridized carbons (Fsp3) is 0.455. The molecule has 0 unspecified atom stereocenters. The van der Waals surface area contributed by atoms with Crippen LogP contribution in [-0.4, -0.2) is 73.7 Å². The predicted octanol–water partition coefficient (Wildman–Crippen LogP) is 2.57. The predicted molar refractivity (Wildman–Crippen MR) is 113 cm³/mol. The molecule has 1 aliphatic heterocycles. The average molecular weight is 412 g/mol. The highest BCUT2D eigenvalue weighted by Crippen LogP contribution is 2.26. The van der Waals surface area contributed by atoms with Crippen molar-refractivity contribution in [3.05, 3.63) is 47.5 Å². The number of aromatic nitrogens is 2. The van der Waals surface area contributed by atoms with Gasteiger partial charge in [0.2, 0.25) is 0 Å². The van der Waals surface area contributed by atoms with Crippen LogP contribution in [0.4, 0.5) is 0 Å². The largest absolute Gasteiger partial charge is 0.496 e. The Balaban J connectivity index is 1.35. The highest BCUT2D eigenvalue weighted by atomic mass is 16.6. The van der Waals surface area contributed by atoms with E-state index in [1.54, 1.807) is 7.11 Å². The van der Waals surface area contributed by atoms with E-state index in [0.717, 1.165) is 79.6 Å². The second kappa shape index (κ2) is 9.88. The van der Waals surface area contributed by atoms with Crippen LogP contribution in [0.2, 0.25) is 0 Å². The van der Waals surface area contributed by atoms with Crippen molar-refractivity contribution in [2.75, 3.05) is 53.6 Å². The molecule has 0 bridgehead atoms. The number of hydrogen-bond donors (Lipinski definition) is 0. The van der Waals surface area contributed by atoms with Gasteiger partial charge in [-0.3, -0.25) is 9.80 Å². The third-order valence-corrected chi connectivity index (χ3v) is 5.24.